The third-order valence-corrected chi connectivity index (χ3v) is 4.51. The van der Waals surface area contributed by atoms with Gasteiger partial charge in [0.15, 0.2) is 11.8 Å². The van der Waals surface area contributed by atoms with Gasteiger partial charge in [0.2, 0.25) is 5.89 Å². The van der Waals surface area contributed by atoms with Crippen LogP contribution in [0.5, 0.6) is 0 Å². The largest absolute Gasteiger partial charge is 0.370 e. The highest BCUT2D eigenvalue weighted by Crippen LogP contribution is 2.15. The molecule has 8 heteroatoms. The van der Waals surface area contributed by atoms with Crippen LogP contribution in [-0.4, -0.2) is 49.3 Å². The molecule has 0 aliphatic rings. The summed E-state index contributed by atoms with van der Waals surface area (Å²) in [6.07, 6.45) is 1.67. The molecule has 0 spiro atoms. The number of benzene rings is 1. The minimum Gasteiger partial charge on any atom is -0.370 e. The van der Waals surface area contributed by atoms with Crippen LogP contribution in [0.15, 0.2) is 33.8 Å². The first-order valence-corrected chi connectivity index (χ1v) is 10.1. The lowest BCUT2D eigenvalue weighted by molar-refractivity contribution is 0.368. The Hall–Kier alpha value is -1.84. The monoisotopic (exact) mass is 514 g/mol. The highest BCUT2D eigenvalue weighted by molar-refractivity contribution is 14.0. The van der Waals surface area contributed by atoms with Crippen LogP contribution < -0.4 is 15.5 Å². The molecular formula is C21H35IN6O. The molecule has 7 nitrogen and oxygen atoms in total. The van der Waals surface area contributed by atoms with Crippen molar-refractivity contribution in [3.63, 3.8) is 0 Å². The number of hydrogen-bond acceptors (Lipinski definition) is 5. The number of aliphatic imine (C=N–C) groups is 1. The maximum absolute atomic E-state index is 5.27. The average molecular weight is 514 g/mol. The normalized spacial score (nSPS) is 11.3. The van der Waals surface area contributed by atoms with E-state index in [0.717, 1.165) is 50.8 Å². The molecule has 0 saturated carbocycles. The molecule has 0 bridgehead atoms. The third kappa shape index (κ3) is 8.59. The third-order valence-electron chi connectivity index (χ3n) is 4.51. The number of nitrogens with zero attached hydrogens (tertiary/aromatic N) is 4. The van der Waals surface area contributed by atoms with Crippen molar-refractivity contribution in [1.82, 2.24) is 20.8 Å². The second-order valence-electron chi connectivity index (χ2n) is 7.15. The fourth-order valence-electron chi connectivity index (χ4n) is 2.87. The van der Waals surface area contributed by atoms with E-state index >= 15 is 0 Å². The molecule has 0 atom stereocenters. The molecule has 2 N–H and O–H groups in total. The smallest absolute Gasteiger partial charge is 0.226 e. The number of likely N-dealkylation sites (N-methyl/N-ethyl adjacent to an activating group) is 1. The summed E-state index contributed by atoms with van der Waals surface area (Å²) in [5.74, 6) is 2.58. The quantitative estimate of drug-likeness (QED) is 0.218. The van der Waals surface area contributed by atoms with Crippen molar-refractivity contribution < 1.29 is 4.52 Å². The van der Waals surface area contributed by atoms with Gasteiger partial charge in [-0.1, -0.05) is 31.1 Å². The van der Waals surface area contributed by atoms with Gasteiger partial charge in [0.05, 0.1) is 0 Å². The second-order valence-corrected chi connectivity index (χ2v) is 7.15. The van der Waals surface area contributed by atoms with Crippen LogP contribution >= 0.6 is 24.0 Å². The van der Waals surface area contributed by atoms with Crippen LogP contribution in [0.25, 0.3) is 0 Å². The summed E-state index contributed by atoms with van der Waals surface area (Å²) in [6, 6.07) is 8.61. The van der Waals surface area contributed by atoms with Gasteiger partial charge in [0.1, 0.15) is 0 Å². The minimum atomic E-state index is 0. The van der Waals surface area contributed by atoms with E-state index in [-0.39, 0.29) is 24.0 Å². The molecule has 1 aromatic carbocycles. The zero-order chi connectivity index (χ0) is 20.4. The molecule has 29 heavy (non-hydrogen) atoms. The summed E-state index contributed by atoms with van der Waals surface area (Å²) in [5, 5.41) is 10.7. The number of aromatic nitrogens is 2. The molecule has 0 radical (unpaired) electrons. The Morgan fingerprint density at radius 1 is 1.24 bits per heavy atom. The van der Waals surface area contributed by atoms with Crippen molar-refractivity contribution >= 4 is 35.6 Å². The van der Waals surface area contributed by atoms with Gasteiger partial charge in [-0.25, -0.2) is 0 Å². The first-order chi connectivity index (χ1) is 13.5. The van der Waals surface area contributed by atoms with Crippen LogP contribution in [-0.2, 0) is 6.42 Å². The molecule has 1 aromatic heterocycles. The molecule has 0 amide bonds. The second kappa shape index (κ2) is 13.4. The van der Waals surface area contributed by atoms with Crippen molar-refractivity contribution in [2.45, 2.75) is 46.5 Å². The van der Waals surface area contributed by atoms with E-state index in [1.807, 2.05) is 0 Å². The Balaban J connectivity index is 0.00000420. The lowest BCUT2D eigenvalue weighted by Gasteiger charge is -2.24. The lowest BCUT2D eigenvalue weighted by atomic mass is 10.2. The van der Waals surface area contributed by atoms with Crippen LogP contribution in [0.1, 0.15) is 50.4 Å². The molecule has 2 rings (SSSR count). The van der Waals surface area contributed by atoms with Crippen LogP contribution in [0.3, 0.4) is 0 Å². The topological polar surface area (TPSA) is 78.6 Å². The summed E-state index contributed by atoms with van der Waals surface area (Å²) in [5.41, 5.74) is 2.54. The van der Waals surface area contributed by atoms with Crippen molar-refractivity contribution in [3.05, 3.63) is 41.5 Å². The summed E-state index contributed by atoms with van der Waals surface area (Å²) in [6.45, 7) is 11.9. The Bertz CT molecular complexity index is 746. The highest BCUT2D eigenvalue weighted by Gasteiger charge is 2.09. The SMILES string of the molecule is CCN(CCNC(=NC)NCCCc1nc(C(C)C)no1)c1cccc(C)c1.I. The summed E-state index contributed by atoms with van der Waals surface area (Å²) in [4.78, 5) is 11.1. The number of aryl methyl sites for hydroxylation is 2. The van der Waals surface area contributed by atoms with Crippen molar-refractivity contribution in [1.29, 1.82) is 0 Å². The van der Waals surface area contributed by atoms with Crippen molar-refractivity contribution in [3.8, 4) is 0 Å². The first kappa shape index (κ1) is 25.2. The molecule has 2 aromatic rings. The molecule has 0 saturated heterocycles. The van der Waals surface area contributed by atoms with E-state index in [1.165, 1.54) is 11.3 Å². The van der Waals surface area contributed by atoms with Gasteiger partial charge < -0.3 is 20.1 Å². The maximum atomic E-state index is 5.27. The van der Waals surface area contributed by atoms with E-state index < -0.39 is 0 Å². The summed E-state index contributed by atoms with van der Waals surface area (Å²) < 4.78 is 5.27. The van der Waals surface area contributed by atoms with Crippen molar-refractivity contribution in [2.75, 3.05) is 38.1 Å². The number of nitrogens with one attached hydrogen (secondary N) is 2. The van der Waals surface area contributed by atoms with E-state index in [0.29, 0.717) is 11.8 Å². The number of hydrogen-bond donors (Lipinski definition) is 2. The fraction of sp³-hybridized carbons (Fsp3) is 0.571. The zero-order valence-corrected chi connectivity index (χ0v) is 20.6. The maximum Gasteiger partial charge on any atom is 0.226 e. The predicted octanol–water partition coefficient (Wildman–Crippen LogP) is 3.74. The highest BCUT2D eigenvalue weighted by atomic mass is 127. The Labute approximate surface area is 191 Å². The predicted molar refractivity (Wildman–Crippen MR) is 131 cm³/mol. The average Bonchev–Trinajstić information content (AvgIpc) is 3.16. The molecule has 0 aliphatic carbocycles. The van der Waals surface area contributed by atoms with Crippen LogP contribution in [0.2, 0.25) is 0 Å². The zero-order valence-electron chi connectivity index (χ0n) is 18.2. The van der Waals surface area contributed by atoms with Gasteiger partial charge in [-0.2, -0.15) is 4.98 Å². The Morgan fingerprint density at radius 3 is 2.62 bits per heavy atom. The number of halogens is 1. The summed E-state index contributed by atoms with van der Waals surface area (Å²) in [7, 11) is 1.79. The molecule has 162 valence electrons. The molecule has 0 aliphatic heterocycles. The van der Waals surface area contributed by atoms with Gasteiger partial charge in [-0.3, -0.25) is 4.99 Å². The molecule has 0 fully saturated rings. The van der Waals surface area contributed by atoms with Gasteiger partial charge in [0.25, 0.3) is 0 Å². The number of anilines is 1. The Kier molecular flexibility index (Phi) is 11.6. The van der Waals surface area contributed by atoms with Gasteiger partial charge in [0, 0.05) is 51.3 Å². The number of rotatable bonds is 10. The van der Waals surface area contributed by atoms with E-state index in [2.05, 4.69) is 82.6 Å². The van der Waals surface area contributed by atoms with Gasteiger partial charge in [-0.15, -0.1) is 24.0 Å². The van der Waals surface area contributed by atoms with E-state index in [4.69, 9.17) is 4.52 Å². The van der Waals surface area contributed by atoms with Crippen LogP contribution in [0, 0.1) is 6.92 Å². The first-order valence-electron chi connectivity index (χ1n) is 10.1. The Morgan fingerprint density at radius 2 is 2.00 bits per heavy atom. The standard InChI is InChI=1S/C21H34N6O.HI/c1-6-27(18-10-7-9-17(4)15-18)14-13-24-21(22-5)23-12-8-11-19-25-20(16(2)3)26-28-19;/h7,9-10,15-16H,6,8,11-14H2,1-5H3,(H2,22,23,24);1H. The minimum absolute atomic E-state index is 0. The van der Waals surface area contributed by atoms with Crippen molar-refractivity contribution in [2.24, 2.45) is 4.99 Å². The lowest BCUT2D eigenvalue weighted by Crippen LogP contribution is -2.42. The fourth-order valence-corrected chi connectivity index (χ4v) is 2.87. The van der Waals surface area contributed by atoms with Gasteiger partial charge in [-0.05, 0) is 38.0 Å². The van der Waals surface area contributed by atoms with E-state index in [9.17, 15) is 0 Å². The van der Waals surface area contributed by atoms with Crippen LogP contribution in [0.4, 0.5) is 5.69 Å². The van der Waals surface area contributed by atoms with E-state index in [1.54, 1.807) is 7.05 Å². The number of guanidine groups is 1. The van der Waals surface area contributed by atoms with Gasteiger partial charge >= 0.3 is 0 Å². The molecule has 0 unspecified atom stereocenters. The molecule has 1 heterocycles. The molecular weight excluding hydrogens is 479 g/mol. The summed E-state index contributed by atoms with van der Waals surface area (Å²) >= 11 is 0.